The van der Waals surface area contributed by atoms with Crippen molar-refractivity contribution >= 4 is 28.7 Å². The van der Waals surface area contributed by atoms with Gasteiger partial charge >= 0.3 is 0 Å². The number of para-hydroxylation sites is 2. The van der Waals surface area contributed by atoms with Crippen LogP contribution in [0.5, 0.6) is 0 Å². The van der Waals surface area contributed by atoms with Crippen LogP contribution in [0.1, 0.15) is 18.6 Å². The summed E-state index contributed by atoms with van der Waals surface area (Å²) in [6.45, 7) is 3.59. The Hall–Kier alpha value is -1.71. The molecule has 0 spiro atoms. The van der Waals surface area contributed by atoms with Crippen molar-refractivity contribution in [1.82, 2.24) is 0 Å². The molecular weight excluding hydrogens is 284 g/mol. The maximum atomic E-state index is 9.66. The summed E-state index contributed by atoms with van der Waals surface area (Å²) in [5.74, 6) is 0. The van der Waals surface area contributed by atoms with Gasteiger partial charge in [-0.05, 0) is 36.8 Å². The molecule has 3 rings (SSSR count). The normalized spacial score (nSPS) is 15.8. The largest absolute Gasteiger partial charge is 0.389 e. The van der Waals surface area contributed by atoms with E-state index in [0.717, 1.165) is 30.0 Å². The molecule has 2 aromatic rings. The molecule has 0 bridgehead atoms. The van der Waals surface area contributed by atoms with E-state index in [9.17, 15) is 5.11 Å². The number of aliphatic hydroxyl groups is 1. The van der Waals surface area contributed by atoms with Gasteiger partial charge in [0, 0.05) is 20.1 Å². The first-order valence-corrected chi connectivity index (χ1v) is 7.51. The fourth-order valence-corrected chi connectivity index (χ4v) is 3.05. The van der Waals surface area contributed by atoms with Crippen molar-refractivity contribution in [2.24, 2.45) is 0 Å². The molecule has 21 heavy (non-hydrogen) atoms. The van der Waals surface area contributed by atoms with Crippen LogP contribution in [0.2, 0.25) is 5.02 Å². The molecule has 0 saturated heterocycles. The third-order valence-corrected chi connectivity index (χ3v) is 4.29. The van der Waals surface area contributed by atoms with Crippen molar-refractivity contribution in [1.29, 1.82) is 0 Å². The van der Waals surface area contributed by atoms with Gasteiger partial charge in [-0.15, -0.1) is 0 Å². The van der Waals surface area contributed by atoms with Gasteiger partial charge in [0.1, 0.15) is 0 Å². The lowest BCUT2D eigenvalue weighted by molar-refractivity contribution is 0.199. The summed E-state index contributed by atoms with van der Waals surface area (Å²) in [4.78, 5) is 4.49. The molecule has 3 nitrogen and oxygen atoms in total. The van der Waals surface area contributed by atoms with E-state index in [1.807, 2.05) is 24.3 Å². The van der Waals surface area contributed by atoms with Gasteiger partial charge in [0.05, 0.1) is 28.2 Å². The molecule has 1 N–H and O–H groups in total. The summed E-state index contributed by atoms with van der Waals surface area (Å²) in [5, 5.41) is 10.3. The van der Waals surface area contributed by atoms with E-state index in [0.29, 0.717) is 5.02 Å². The average Bonchev–Trinajstić information content (AvgIpc) is 2.48. The van der Waals surface area contributed by atoms with Crippen LogP contribution in [0.25, 0.3) is 0 Å². The van der Waals surface area contributed by atoms with Crippen LogP contribution >= 0.6 is 11.6 Å². The fraction of sp³-hybridized carbons (Fsp3) is 0.294. The van der Waals surface area contributed by atoms with Gasteiger partial charge < -0.3 is 14.9 Å². The summed E-state index contributed by atoms with van der Waals surface area (Å²) in [5.41, 5.74) is 4.20. The first-order valence-electron chi connectivity index (χ1n) is 7.13. The van der Waals surface area contributed by atoms with Crippen molar-refractivity contribution in [2.45, 2.75) is 13.0 Å². The lowest BCUT2D eigenvalue weighted by atomic mass is 10.1. The van der Waals surface area contributed by atoms with Gasteiger partial charge in [-0.2, -0.15) is 0 Å². The minimum Gasteiger partial charge on any atom is -0.389 e. The number of nitrogens with zero attached hydrogens (tertiary/aromatic N) is 2. The predicted molar refractivity (Wildman–Crippen MR) is 88.8 cm³/mol. The lowest BCUT2D eigenvalue weighted by Crippen LogP contribution is -2.36. The Bertz CT molecular complexity index is 657. The molecule has 110 valence electrons. The molecule has 4 heteroatoms. The number of anilines is 3. The lowest BCUT2D eigenvalue weighted by Gasteiger charge is -2.37. The van der Waals surface area contributed by atoms with Crippen molar-refractivity contribution in [3.8, 4) is 0 Å². The Kier molecular flexibility index (Phi) is 3.79. The standard InChI is InChI=1S/C17H19ClN2O/c1-12(21)13-7-8-15(14(18)11-13)20-10-9-19(2)16-5-3-4-6-17(16)20/h3-8,11-12,21H,9-10H2,1-2H3. The van der Waals surface area contributed by atoms with Gasteiger partial charge in [0.25, 0.3) is 0 Å². The van der Waals surface area contributed by atoms with Crippen molar-refractivity contribution < 1.29 is 5.11 Å². The molecule has 1 atom stereocenters. The highest BCUT2D eigenvalue weighted by atomic mass is 35.5. The van der Waals surface area contributed by atoms with Gasteiger partial charge in [-0.25, -0.2) is 0 Å². The number of halogens is 1. The molecule has 1 aliphatic rings. The zero-order chi connectivity index (χ0) is 15.0. The molecular formula is C17H19ClN2O. The van der Waals surface area contributed by atoms with Crippen LogP contribution < -0.4 is 9.80 Å². The number of likely N-dealkylation sites (N-methyl/N-ethyl adjacent to an activating group) is 1. The van der Waals surface area contributed by atoms with Crippen molar-refractivity contribution in [2.75, 3.05) is 29.9 Å². The maximum Gasteiger partial charge on any atom is 0.0762 e. The van der Waals surface area contributed by atoms with E-state index in [2.05, 4.69) is 35.0 Å². The second kappa shape index (κ2) is 5.58. The van der Waals surface area contributed by atoms with Crippen molar-refractivity contribution in [3.63, 3.8) is 0 Å². The first-order chi connectivity index (χ1) is 10.1. The molecule has 0 aromatic heterocycles. The summed E-state index contributed by atoms with van der Waals surface area (Å²) in [6.07, 6.45) is -0.503. The van der Waals surface area contributed by atoms with Crippen LogP contribution in [0, 0.1) is 0 Å². The monoisotopic (exact) mass is 302 g/mol. The molecule has 1 aliphatic heterocycles. The SMILES string of the molecule is CC(O)c1ccc(N2CCN(C)c3ccccc32)c(Cl)c1. The van der Waals surface area contributed by atoms with Crippen LogP contribution in [0.4, 0.5) is 17.1 Å². The second-order valence-corrected chi connectivity index (χ2v) is 5.86. The minimum absolute atomic E-state index is 0.503. The quantitative estimate of drug-likeness (QED) is 0.909. The summed E-state index contributed by atoms with van der Waals surface area (Å²) >= 11 is 6.44. The van der Waals surface area contributed by atoms with E-state index in [1.165, 1.54) is 5.69 Å². The molecule has 1 heterocycles. The third kappa shape index (κ3) is 2.59. The molecule has 0 amide bonds. The summed E-state index contributed by atoms with van der Waals surface area (Å²) in [6, 6.07) is 14.1. The minimum atomic E-state index is -0.503. The molecule has 0 aliphatic carbocycles. The van der Waals surface area contributed by atoms with Gasteiger partial charge in [-0.1, -0.05) is 29.8 Å². The smallest absolute Gasteiger partial charge is 0.0762 e. The Labute approximate surface area is 130 Å². The molecule has 1 unspecified atom stereocenters. The number of hydrogen-bond acceptors (Lipinski definition) is 3. The molecule has 0 fully saturated rings. The summed E-state index contributed by atoms with van der Waals surface area (Å²) < 4.78 is 0. The van der Waals surface area contributed by atoms with E-state index in [-0.39, 0.29) is 0 Å². The highest BCUT2D eigenvalue weighted by molar-refractivity contribution is 6.33. The van der Waals surface area contributed by atoms with E-state index in [4.69, 9.17) is 11.6 Å². The topological polar surface area (TPSA) is 26.7 Å². The number of rotatable bonds is 2. The predicted octanol–water partition coefficient (Wildman–Crippen LogP) is 3.98. The van der Waals surface area contributed by atoms with E-state index >= 15 is 0 Å². The first kappa shape index (κ1) is 14.2. The highest BCUT2D eigenvalue weighted by Gasteiger charge is 2.22. The Balaban J connectivity index is 2.04. The van der Waals surface area contributed by atoms with Crippen LogP contribution in [-0.4, -0.2) is 25.2 Å². The number of benzene rings is 2. The van der Waals surface area contributed by atoms with Gasteiger partial charge in [0.15, 0.2) is 0 Å². The van der Waals surface area contributed by atoms with Crippen LogP contribution in [0.15, 0.2) is 42.5 Å². The van der Waals surface area contributed by atoms with E-state index < -0.39 is 6.10 Å². The zero-order valence-corrected chi connectivity index (χ0v) is 13.0. The van der Waals surface area contributed by atoms with Crippen LogP contribution in [-0.2, 0) is 0 Å². The average molecular weight is 303 g/mol. The molecule has 0 saturated carbocycles. The molecule has 0 radical (unpaired) electrons. The van der Waals surface area contributed by atoms with Gasteiger partial charge in [-0.3, -0.25) is 0 Å². The fourth-order valence-electron chi connectivity index (χ4n) is 2.76. The van der Waals surface area contributed by atoms with Crippen LogP contribution in [0.3, 0.4) is 0 Å². The second-order valence-electron chi connectivity index (χ2n) is 5.45. The maximum absolute atomic E-state index is 9.66. The number of aliphatic hydroxyl groups excluding tert-OH is 1. The highest BCUT2D eigenvalue weighted by Crippen LogP contribution is 2.40. The summed E-state index contributed by atoms with van der Waals surface area (Å²) in [7, 11) is 2.11. The van der Waals surface area contributed by atoms with Gasteiger partial charge in [0.2, 0.25) is 0 Å². The molecule has 2 aromatic carbocycles. The van der Waals surface area contributed by atoms with Crippen molar-refractivity contribution in [3.05, 3.63) is 53.1 Å². The number of hydrogen-bond donors (Lipinski definition) is 1. The Morgan fingerprint density at radius 1 is 1.05 bits per heavy atom. The third-order valence-electron chi connectivity index (χ3n) is 3.99. The van der Waals surface area contributed by atoms with E-state index in [1.54, 1.807) is 6.92 Å². The zero-order valence-electron chi connectivity index (χ0n) is 12.3. The Morgan fingerprint density at radius 2 is 1.76 bits per heavy atom. The number of fused-ring (bicyclic) bond motifs is 1. The Morgan fingerprint density at radius 3 is 2.43 bits per heavy atom.